The van der Waals surface area contributed by atoms with E-state index in [0.29, 0.717) is 24.3 Å². The summed E-state index contributed by atoms with van der Waals surface area (Å²) in [5.41, 5.74) is 2.32. The summed E-state index contributed by atoms with van der Waals surface area (Å²) in [7, 11) is 0. The van der Waals surface area contributed by atoms with Crippen molar-refractivity contribution in [2.24, 2.45) is 0 Å². The lowest BCUT2D eigenvalue weighted by Gasteiger charge is -2.28. The lowest BCUT2D eigenvalue weighted by atomic mass is 9.89. The van der Waals surface area contributed by atoms with Crippen molar-refractivity contribution in [3.63, 3.8) is 0 Å². The molecule has 132 valence electrons. The zero-order valence-corrected chi connectivity index (χ0v) is 13.9. The third-order valence-electron chi connectivity index (χ3n) is 4.09. The first-order valence-electron chi connectivity index (χ1n) is 8.18. The van der Waals surface area contributed by atoms with Crippen LogP contribution in [0.4, 0.5) is 8.78 Å². The third-order valence-corrected chi connectivity index (χ3v) is 4.09. The minimum absolute atomic E-state index is 0.254. The highest BCUT2D eigenvalue weighted by Crippen LogP contribution is 2.35. The van der Waals surface area contributed by atoms with Crippen molar-refractivity contribution >= 4 is 5.97 Å². The van der Waals surface area contributed by atoms with E-state index in [4.69, 9.17) is 9.47 Å². The molecule has 1 aliphatic heterocycles. The number of ether oxygens (including phenoxy) is 2. The number of rotatable bonds is 5. The molecule has 25 heavy (non-hydrogen) atoms. The Kier molecular flexibility index (Phi) is 5.28. The van der Waals surface area contributed by atoms with Gasteiger partial charge in [0.15, 0.2) is 6.61 Å². The van der Waals surface area contributed by atoms with E-state index in [1.54, 1.807) is 13.0 Å². The summed E-state index contributed by atoms with van der Waals surface area (Å²) < 4.78 is 37.7. The number of carbonyl (C=O) groups excluding carboxylic acids is 1. The quantitative estimate of drug-likeness (QED) is 0.844. The molecule has 6 heteroatoms. The van der Waals surface area contributed by atoms with Crippen molar-refractivity contribution in [1.29, 1.82) is 0 Å². The first kappa shape index (κ1) is 17.4. The molecule has 0 saturated heterocycles. The lowest BCUT2D eigenvalue weighted by molar-refractivity contribution is -0.145. The van der Waals surface area contributed by atoms with Crippen molar-refractivity contribution < 1.29 is 23.0 Å². The molecule has 0 bridgehead atoms. The fourth-order valence-electron chi connectivity index (χ4n) is 3.03. The molecule has 1 heterocycles. The second-order valence-electron chi connectivity index (χ2n) is 5.76. The number of halogens is 2. The van der Waals surface area contributed by atoms with Crippen LogP contribution in [-0.4, -0.2) is 25.7 Å². The molecular weight excluding hydrogens is 328 g/mol. The molecule has 0 fully saturated rings. The van der Waals surface area contributed by atoms with Crippen LogP contribution in [0.5, 0.6) is 5.75 Å². The molecule has 0 aliphatic carbocycles. The molecule has 3 rings (SSSR count). The van der Waals surface area contributed by atoms with Gasteiger partial charge in [-0.2, -0.15) is 0 Å². The van der Waals surface area contributed by atoms with Gasteiger partial charge in [-0.15, -0.1) is 0 Å². The zero-order chi connectivity index (χ0) is 17.8. The molecular formula is C19H19F2NO3. The van der Waals surface area contributed by atoms with Gasteiger partial charge < -0.3 is 14.8 Å². The summed E-state index contributed by atoms with van der Waals surface area (Å²) >= 11 is 0. The Balaban J connectivity index is 1.92. The van der Waals surface area contributed by atoms with Crippen LogP contribution in [0.2, 0.25) is 0 Å². The molecule has 2 aromatic rings. The van der Waals surface area contributed by atoms with Gasteiger partial charge in [0.2, 0.25) is 0 Å². The van der Waals surface area contributed by atoms with Crippen molar-refractivity contribution in [1.82, 2.24) is 5.32 Å². The largest absolute Gasteiger partial charge is 0.482 e. The van der Waals surface area contributed by atoms with E-state index in [-0.39, 0.29) is 25.1 Å². The van der Waals surface area contributed by atoms with Gasteiger partial charge in [0.1, 0.15) is 17.4 Å². The molecule has 1 aliphatic rings. The van der Waals surface area contributed by atoms with E-state index in [9.17, 15) is 13.6 Å². The van der Waals surface area contributed by atoms with Gasteiger partial charge in [0.25, 0.3) is 0 Å². The van der Waals surface area contributed by atoms with Crippen LogP contribution in [-0.2, 0) is 16.0 Å². The van der Waals surface area contributed by atoms with Crippen molar-refractivity contribution in [3.8, 4) is 5.75 Å². The van der Waals surface area contributed by atoms with E-state index in [1.165, 1.54) is 30.3 Å². The predicted molar refractivity (Wildman–Crippen MR) is 88.5 cm³/mol. The fourth-order valence-corrected chi connectivity index (χ4v) is 3.03. The standard InChI is InChI=1S/C19H19F2NO3/c1-2-24-18(23)11-25-17-6-4-14(21)10-16(17)19-15-5-3-13(20)9-12(15)7-8-22-19/h3-6,9-10,19,22H,2,7-8,11H2,1H3. The first-order chi connectivity index (χ1) is 12.1. The second kappa shape index (κ2) is 7.61. The van der Waals surface area contributed by atoms with E-state index in [0.717, 1.165) is 11.1 Å². The molecule has 0 spiro atoms. The van der Waals surface area contributed by atoms with Crippen LogP contribution in [0.15, 0.2) is 36.4 Å². The Hall–Kier alpha value is -2.47. The van der Waals surface area contributed by atoms with Gasteiger partial charge in [0.05, 0.1) is 12.6 Å². The van der Waals surface area contributed by atoms with Crippen LogP contribution in [0, 0.1) is 11.6 Å². The highest BCUT2D eigenvalue weighted by molar-refractivity contribution is 5.71. The topological polar surface area (TPSA) is 47.6 Å². The smallest absolute Gasteiger partial charge is 0.344 e. The van der Waals surface area contributed by atoms with Crippen LogP contribution < -0.4 is 10.1 Å². The number of esters is 1. The normalized spacial score (nSPS) is 16.2. The van der Waals surface area contributed by atoms with Gasteiger partial charge >= 0.3 is 5.97 Å². The maximum Gasteiger partial charge on any atom is 0.344 e. The summed E-state index contributed by atoms with van der Waals surface area (Å²) in [6.07, 6.45) is 0.692. The number of carbonyl (C=O) groups is 1. The van der Waals surface area contributed by atoms with E-state index < -0.39 is 11.8 Å². The minimum atomic E-state index is -0.489. The van der Waals surface area contributed by atoms with Crippen LogP contribution >= 0.6 is 0 Å². The van der Waals surface area contributed by atoms with Crippen LogP contribution in [0.1, 0.15) is 29.7 Å². The summed E-state index contributed by atoms with van der Waals surface area (Å²) in [4.78, 5) is 11.5. The second-order valence-corrected chi connectivity index (χ2v) is 5.76. The summed E-state index contributed by atoms with van der Waals surface area (Å²) in [5.74, 6) is -0.798. The number of fused-ring (bicyclic) bond motifs is 1. The Labute approximate surface area is 144 Å². The highest BCUT2D eigenvalue weighted by Gasteiger charge is 2.25. The first-order valence-corrected chi connectivity index (χ1v) is 8.18. The van der Waals surface area contributed by atoms with Gasteiger partial charge in [-0.1, -0.05) is 6.07 Å². The van der Waals surface area contributed by atoms with Gasteiger partial charge in [-0.3, -0.25) is 0 Å². The number of hydrogen-bond donors (Lipinski definition) is 1. The monoisotopic (exact) mass is 347 g/mol. The van der Waals surface area contributed by atoms with Gasteiger partial charge in [0, 0.05) is 12.1 Å². The summed E-state index contributed by atoms with van der Waals surface area (Å²) in [6, 6.07) is 8.39. The molecule has 1 unspecified atom stereocenters. The zero-order valence-electron chi connectivity index (χ0n) is 13.9. The average molecular weight is 347 g/mol. The van der Waals surface area contributed by atoms with E-state index in [2.05, 4.69) is 5.32 Å². The molecule has 0 radical (unpaired) electrons. The molecule has 1 N–H and O–H groups in total. The SMILES string of the molecule is CCOC(=O)COc1ccc(F)cc1C1NCCc2cc(F)ccc21. The molecule has 0 amide bonds. The Morgan fingerprint density at radius 1 is 1.16 bits per heavy atom. The molecule has 0 saturated carbocycles. The molecule has 0 aromatic heterocycles. The number of nitrogens with one attached hydrogen (secondary N) is 1. The minimum Gasteiger partial charge on any atom is -0.482 e. The Bertz CT molecular complexity index is 779. The van der Waals surface area contributed by atoms with Crippen LogP contribution in [0.25, 0.3) is 0 Å². The highest BCUT2D eigenvalue weighted by atomic mass is 19.1. The molecule has 1 atom stereocenters. The van der Waals surface area contributed by atoms with Crippen molar-refractivity contribution in [2.45, 2.75) is 19.4 Å². The number of hydrogen-bond acceptors (Lipinski definition) is 4. The maximum absolute atomic E-state index is 13.8. The maximum atomic E-state index is 13.8. The average Bonchev–Trinajstić information content (AvgIpc) is 2.60. The third kappa shape index (κ3) is 3.96. The molecule has 2 aromatic carbocycles. The fraction of sp³-hybridized carbons (Fsp3) is 0.316. The summed E-state index contributed by atoms with van der Waals surface area (Å²) in [5, 5.41) is 3.31. The van der Waals surface area contributed by atoms with E-state index in [1.807, 2.05) is 0 Å². The van der Waals surface area contributed by atoms with Gasteiger partial charge in [-0.05, 0) is 54.8 Å². The Morgan fingerprint density at radius 3 is 2.72 bits per heavy atom. The molecule has 4 nitrogen and oxygen atoms in total. The van der Waals surface area contributed by atoms with Gasteiger partial charge in [-0.25, -0.2) is 13.6 Å². The predicted octanol–water partition coefficient (Wildman–Crippen LogP) is 3.14. The van der Waals surface area contributed by atoms with Crippen LogP contribution in [0.3, 0.4) is 0 Å². The number of benzene rings is 2. The Morgan fingerprint density at radius 2 is 1.92 bits per heavy atom. The summed E-state index contributed by atoms with van der Waals surface area (Å²) in [6.45, 7) is 2.36. The van der Waals surface area contributed by atoms with Crippen molar-refractivity contribution in [2.75, 3.05) is 19.8 Å². The lowest BCUT2D eigenvalue weighted by Crippen LogP contribution is -2.31. The van der Waals surface area contributed by atoms with Crippen molar-refractivity contribution in [3.05, 3.63) is 64.7 Å². The van der Waals surface area contributed by atoms with E-state index >= 15 is 0 Å².